The number of halogens is 1. The highest BCUT2D eigenvalue weighted by molar-refractivity contribution is 7.91. The minimum atomic E-state index is -3.43. The maximum atomic E-state index is 13.0. The Balaban J connectivity index is 2.15. The number of ether oxygens (including phenoxy) is 1. The first-order valence-corrected chi connectivity index (χ1v) is 9.76. The Morgan fingerprint density at radius 1 is 1.12 bits per heavy atom. The van der Waals surface area contributed by atoms with Crippen LogP contribution < -0.4 is 0 Å². The van der Waals surface area contributed by atoms with Crippen LogP contribution in [0.1, 0.15) is 28.9 Å². The van der Waals surface area contributed by atoms with Crippen LogP contribution in [-0.2, 0) is 14.6 Å². The monoisotopic (exact) mass is 379 g/mol. The summed E-state index contributed by atoms with van der Waals surface area (Å²) in [6.07, 6.45) is 0. The maximum Gasteiger partial charge on any atom is 0.254 e. The molecular weight excluding hydrogens is 357 g/mol. The van der Waals surface area contributed by atoms with E-state index in [1.54, 1.807) is 19.2 Å². The van der Waals surface area contributed by atoms with E-state index in [1.807, 2.05) is 6.92 Å². The molecule has 1 amide bonds. The third-order valence-corrected chi connectivity index (χ3v) is 5.96. The van der Waals surface area contributed by atoms with Crippen LogP contribution in [0.15, 0.2) is 53.4 Å². The van der Waals surface area contributed by atoms with Crippen molar-refractivity contribution >= 4 is 15.7 Å². The molecule has 0 aliphatic heterocycles. The SMILES string of the molecule is COCCS(=O)(=O)c1ccc(C(=O)N(C)C(C)c2ccc(F)cc2)cc1. The Kier molecular flexibility index (Phi) is 6.50. The number of rotatable bonds is 7. The van der Waals surface area contributed by atoms with Crippen LogP contribution >= 0.6 is 0 Å². The minimum Gasteiger partial charge on any atom is -0.384 e. The highest BCUT2D eigenvalue weighted by Gasteiger charge is 2.20. The summed E-state index contributed by atoms with van der Waals surface area (Å²) in [4.78, 5) is 14.3. The van der Waals surface area contributed by atoms with Gasteiger partial charge in [-0.15, -0.1) is 0 Å². The molecule has 7 heteroatoms. The average molecular weight is 379 g/mol. The fourth-order valence-electron chi connectivity index (χ4n) is 2.46. The van der Waals surface area contributed by atoms with E-state index in [-0.39, 0.29) is 35.0 Å². The standard InChI is InChI=1S/C19H22FNO4S/c1-14(15-4-8-17(20)9-5-15)21(2)19(22)16-6-10-18(11-7-16)26(23,24)13-12-25-3/h4-11,14H,12-13H2,1-3H3. The van der Waals surface area contributed by atoms with Gasteiger partial charge in [-0.25, -0.2) is 12.8 Å². The van der Waals surface area contributed by atoms with Gasteiger partial charge in [-0.2, -0.15) is 0 Å². The lowest BCUT2D eigenvalue weighted by Crippen LogP contribution is -2.29. The number of hydrogen-bond donors (Lipinski definition) is 0. The number of sulfone groups is 1. The molecule has 0 aliphatic rings. The van der Waals surface area contributed by atoms with Gasteiger partial charge >= 0.3 is 0 Å². The van der Waals surface area contributed by atoms with Crippen LogP contribution in [0.4, 0.5) is 4.39 Å². The molecule has 1 atom stereocenters. The summed E-state index contributed by atoms with van der Waals surface area (Å²) in [6, 6.07) is 11.6. The van der Waals surface area contributed by atoms with Gasteiger partial charge in [-0.05, 0) is 48.9 Å². The Morgan fingerprint density at radius 3 is 2.23 bits per heavy atom. The van der Waals surface area contributed by atoms with Crippen molar-refractivity contribution in [2.24, 2.45) is 0 Å². The van der Waals surface area contributed by atoms with Gasteiger partial charge in [0.2, 0.25) is 0 Å². The molecule has 1 unspecified atom stereocenters. The quantitative estimate of drug-likeness (QED) is 0.742. The second-order valence-corrected chi connectivity index (χ2v) is 8.09. The van der Waals surface area contributed by atoms with E-state index in [0.717, 1.165) is 5.56 Å². The Labute approximate surface area is 153 Å². The summed E-state index contributed by atoms with van der Waals surface area (Å²) in [5.41, 5.74) is 1.19. The van der Waals surface area contributed by atoms with Gasteiger partial charge in [0.05, 0.1) is 23.3 Å². The summed E-state index contributed by atoms with van der Waals surface area (Å²) in [5.74, 6) is -0.693. The minimum absolute atomic E-state index is 0.112. The van der Waals surface area contributed by atoms with E-state index in [2.05, 4.69) is 0 Å². The molecular formula is C19H22FNO4S. The zero-order chi connectivity index (χ0) is 19.3. The second kappa shape index (κ2) is 8.42. The fraction of sp³-hybridized carbons (Fsp3) is 0.316. The third kappa shape index (κ3) is 4.68. The lowest BCUT2D eigenvalue weighted by atomic mass is 10.1. The van der Waals surface area contributed by atoms with E-state index >= 15 is 0 Å². The van der Waals surface area contributed by atoms with Gasteiger partial charge in [0.25, 0.3) is 5.91 Å². The predicted molar refractivity (Wildman–Crippen MR) is 97.3 cm³/mol. The van der Waals surface area contributed by atoms with Gasteiger partial charge < -0.3 is 9.64 Å². The molecule has 0 aliphatic carbocycles. The van der Waals surface area contributed by atoms with Gasteiger partial charge in [0.1, 0.15) is 5.82 Å². The zero-order valence-electron chi connectivity index (χ0n) is 15.0. The number of amides is 1. The van der Waals surface area contributed by atoms with Crippen LogP contribution in [-0.4, -0.2) is 45.7 Å². The van der Waals surface area contributed by atoms with Gasteiger partial charge in [0.15, 0.2) is 9.84 Å². The largest absolute Gasteiger partial charge is 0.384 e. The molecule has 2 rings (SSSR count). The van der Waals surface area contributed by atoms with E-state index in [9.17, 15) is 17.6 Å². The van der Waals surface area contributed by atoms with Crippen molar-refractivity contribution in [2.75, 3.05) is 26.5 Å². The van der Waals surface area contributed by atoms with Crippen molar-refractivity contribution in [3.05, 3.63) is 65.5 Å². The lowest BCUT2D eigenvalue weighted by molar-refractivity contribution is 0.0742. The first-order chi connectivity index (χ1) is 12.3. The third-order valence-electron chi connectivity index (χ3n) is 4.27. The number of carbonyl (C=O) groups is 1. The first-order valence-electron chi connectivity index (χ1n) is 8.10. The molecule has 0 saturated carbocycles. The van der Waals surface area contributed by atoms with E-state index in [0.29, 0.717) is 5.56 Å². The summed E-state index contributed by atoms with van der Waals surface area (Å²) in [5, 5.41) is 0. The maximum absolute atomic E-state index is 13.0. The molecule has 26 heavy (non-hydrogen) atoms. The molecule has 0 radical (unpaired) electrons. The fourth-order valence-corrected chi connectivity index (χ4v) is 3.63. The lowest BCUT2D eigenvalue weighted by Gasteiger charge is -2.25. The normalized spacial score (nSPS) is 12.6. The summed E-state index contributed by atoms with van der Waals surface area (Å²) in [7, 11) is -0.342. The molecule has 0 aromatic heterocycles. The van der Waals surface area contributed by atoms with Crippen molar-refractivity contribution in [3.8, 4) is 0 Å². The number of nitrogens with zero attached hydrogens (tertiary/aromatic N) is 1. The molecule has 2 aromatic carbocycles. The highest BCUT2D eigenvalue weighted by Crippen LogP contribution is 2.22. The highest BCUT2D eigenvalue weighted by atomic mass is 32.2. The van der Waals surface area contributed by atoms with Crippen molar-refractivity contribution in [1.82, 2.24) is 4.90 Å². The van der Waals surface area contributed by atoms with Gasteiger partial charge in [0, 0.05) is 19.7 Å². The molecule has 0 bridgehead atoms. The van der Waals surface area contributed by atoms with Gasteiger partial charge in [-0.1, -0.05) is 12.1 Å². The summed E-state index contributed by atoms with van der Waals surface area (Å²) in [6.45, 7) is 1.95. The first kappa shape index (κ1) is 20.1. The van der Waals surface area contributed by atoms with Crippen LogP contribution in [0.3, 0.4) is 0 Å². The number of benzene rings is 2. The van der Waals surface area contributed by atoms with E-state index in [4.69, 9.17) is 4.74 Å². The van der Waals surface area contributed by atoms with Crippen LogP contribution in [0.2, 0.25) is 0 Å². The van der Waals surface area contributed by atoms with Crippen LogP contribution in [0.25, 0.3) is 0 Å². The molecule has 0 N–H and O–H groups in total. The van der Waals surface area contributed by atoms with Gasteiger partial charge in [-0.3, -0.25) is 4.79 Å². The number of methoxy groups -OCH3 is 1. The average Bonchev–Trinajstić information content (AvgIpc) is 2.65. The molecule has 0 fully saturated rings. The number of carbonyl (C=O) groups excluding carboxylic acids is 1. The summed E-state index contributed by atoms with van der Waals surface area (Å²) >= 11 is 0. The molecule has 0 spiro atoms. The Bertz CT molecular complexity index is 848. The van der Waals surface area contributed by atoms with Crippen molar-refractivity contribution in [1.29, 1.82) is 0 Å². The topological polar surface area (TPSA) is 63.7 Å². The Hall–Kier alpha value is -2.25. The second-order valence-electron chi connectivity index (χ2n) is 5.98. The van der Waals surface area contributed by atoms with Crippen molar-refractivity contribution in [2.45, 2.75) is 17.9 Å². The molecule has 0 heterocycles. The van der Waals surface area contributed by atoms with Crippen molar-refractivity contribution in [3.63, 3.8) is 0 Å². The smallest absolute Gasteiger partial charge is 0.254 e. The van der Waals surface area contributed by atoms with E-state index in [1.165, 1.54) is 48.4 Å². The van der Waals surface area contributed by atoms with Crippen LogP contribution in [0, 0.1) is 5.82 Å². The molecule has 2 aromatic rings. The Morgan fingerprint density at radius 2 is 1.69 bits per heavy atom. The van der Waals surface area contributed by atoms with Crippen molar-refractivity contribution < 1.29 is 22.3 Å². The van der Waals surface area contributed by atoms with Crippen LogP contribution in [0.5, 0.6) is 0 Å². The van der Waals surface area contributed by atoms with E-state index < -0.39 is 9.84 Å². The molecule has 140 valence electrons. The zero-order valence-corrected chi connectivity index (χ0v) is 15.8. The summed E-state index contributed by atoms with van der Waals surface area (Å²) < 4.78 is 42.1. The predicted octanol–water partition coefficient (Wildman–Crippen LogP) is 3.08. The number of hydrogen-bond acceptors (Lipinski definition) is 4. The molecule has 0 saturated heterocycles. The molecule has 5 nitrogen and oxygen atoms in total.